The number of anilines is 1. The maximum atomic E-state index is 12.4. The summed E-state index contributed by atoms with van der Waals surface area (Å²) in [4.78, 5) is 14.7. The molecule has 1 saturated heterocycles. The van der Waals surface area contributed by atoms with Gasteiger partial charge in [-0.15, -0.1) is 24.8 Å². The van der Waals surface area contributed by atoms with Crippen molar-refractivity contribution in [1.82, 2.24) is 10.6 Å². The molecule has 2 N–H and O–H groups in total. The van der Waals surface area contributed by atoms with Gasteiger partial charge in [0.2, 0.25) is 0 Å². The summed E-state index contributed by atoms with van der Waals surface area (Å²) >= 11 is 0. The van der Waals surface area contributed by atoms with Crippen LogP contribution in [0.2, 0.25) is 0 Å². The van der Waals surface area contributed by atoms with Crippen molar-refractivity contribution in [2.45, 2.75) is 32.7 Å². The fourth-order valence-electron chi connectivity index (χ4n) is 2.51. The van der Waals surface area contributed by atoms with Crippen LogP contribution in [0.5, 0.6) is 0 Å². The number of hydrogen-bond donors (Lipinski definition) is 2. The van der Waals surface area contributed by atoms with Crippen molar-refractivity contribution in [3.05, 3.63) is 29.3 Å². The van der Waals surface area contributed by atoms with E-state index in [-0.39, 0.29) is 36.8 Å². The summed E-state index contributed by atoms with van der Waals surface area (Å²) in [6.45, 7) is 6.83. The fourth-order valence-corrected chi connectivity index (χ4v) is 2.51. The van der Waals surface area contributed by atoms with Crippen LogP contribution in [0.25, 0.3) is 0 Å². The zero-order chi connectivity index (χ0) is 14.5. The Labute approximate surface area is 145 Å². The van der Waals surface area contributed by atoms with Crippen LogP contribution in [-0.2, 0) is 0 Å². The first-order valence-electron chi connectivity index (χ1n) is 7.43. The minimum absolute atomic E-state index is 0. The first-order chi connectivity index (χ1) is 9.61. The smallest absolute Gasteiger partial charge is 0.253 e. The molecular formula is C16H27Cl2N3O. The molecule has 1 atom stereocenters. The van der Waals surface area contributed by atoms with E-state index in [0.29, 0.717) is 6.54 Å². The van der Waals surface area contributed by atoms with Crippen molar-refractivity contribution in [3.8, 4) is 0 Å². The Morgan fingerprint density at radius 2 is 1.91 bits per heavy atom. The van der Waals surface area contributed by atoms with E-state index in [1.165, 1.54) is 12.8 Å². The lowest BCUT2D eigenvalue weighted by Gasteiger charge is -2.22. The molecule has 1 unspecified atom stereocenters. The average molecular weight is 348 g/mol. The molecule has 6 heteroatoms. The minimum atomic E-state index is 0. The molecule has 1 aromatic rings. The highest BCUT2D eigenvalue weighted by Crippen LogP contribution is 2.25. The van der Waals surface area contributed by atoms with E-state index in [9.17, 15) is 4.79 Å². The number of amides is 1. The Morgan fingerprint density at radius 1 is 1.27 bits per heavy atom. The van der Waals surface area contributed by atoms with Crippen LogP contribution in [-0.4, -0.2) is 38.6 Å². The number of halogens is 2. The maximum Gasteiger partial charge on any atom is 0.253 e. The summed E-state index contributed by atoms with van der Waals surface area (Å²) in [5.74, 6) is 0.0256. The van der Waals surface area contributed by atoms with Crippen LogP contribution < -0.4 is 15.5 Å². The number of carbonyl (C=O) groups is 1. The molecule has 22 heavy (non-hydrogen) atoms. The number of carbonyl (C=O) groups excluding carboxylic acids is 1. The van der Waals surface area contributed by atoms with Gasteiger partial charge in [0, 0.05) is 31.4 Å². The molecule has 1 aromatic carbocycles. The molecule has 2 rings (SSSR count). The van der Waals surface area contributed by atoms with Crippen molar-refractivity contribution in [2.75, 3.05) is 31.6 Å². The minimum Gasteiger partial charge on any atom is -0.371 e. The molecule has 1 heterocycles. The molecule has 0 bridgehead atoms. The molecule has 1 aliphatic heterocycles. The number of likely N-dealkylation sites (N-methyl/N-ethyl adjacent to an activating group) is 1. The van der Waals surface area contributed by atoms with Gasteiger partial charge < -0.3 is 15.5 Å². The number of benzene rings is 1. The van der Waals surface area contributed by atoms with E-state index in [2.05, 4.69) is 34.6 Å². The molecule has 126 valence electrons. The van der Waals surface area contributed by atoms with E-state index < -0.39 is 0 Å². The summed E-state index contributed by atoms with van der Waals surface area (Å²) < 4.78 is 0. The summed E-state index contributed by atoms with van der Waals surface area (Å²) in [5, 5.41) is 6.14. The van der Waals surface area contributed by atoms with E-state index in [1.54, 1.807) is 0 Å². The third-order valence-electron chi connectivity index (χ3n) is 3.91. The number of aryl methyl sites for hydroxylation is 1. The maximum absolute atomic E-state index is 12.4. The van der Waals surface area contributed by atoms with Gasteiger partial charge in [0.1, 0.15) is 0 Å². The number of hydrogen-bond acceptors (Lipinski definition) is 3. The van der Waals surface area contributed by atoms with Gasteiger partial charge in [-0.3, -0.25) is 4.79 Å². The van der Waals surface area contributed by atoms with Gasteiger partial charge in [-0.2, -0.15) is 0 Å². The molecule has 0 aromatic heterocycles. The first-order valence-corrected chi connectivity index (χ1v) is 7.43. The molecule has 1 fully saturated rings. The van der Waals surface area contributed by atoms with Crippen LogP contribution in [0, 0.1) is 6.92 Å². The lowest BCUT2D eigenvalue weighted by atomic mass is 10.1. The number of rotatable bonds is 5. The van der Waals surface area contributed by atoms with Crippen molar-refractivity contribution < 1.29 is 4.79 Å². The topological polar surface area (TPSA) is 44.4 Å². The van der Waals surface area contributed by atoms with Crippen LogP contribution in [0.3, 0.4) is 0 Å². The number of nitrogens with one attached hydrogen (secondary N) is 2. The van der Waals surface area contributed by atoms with Gasteiger partial charge in [0.05, 0.1) is 5.56 Å². The predicted molar refractivity (Wildman–Crippen MR) is 98.0 cm³/mol. The molecular weight excluding hydrogens is 321 g/mol. The van der Waals surface area contributed by atoms with Gasteiger partial charge in [0.15, 0.2) is 0 Å². The van der Waals surface area contributed by atoms with Crippen molar-refractivity contribution in [2.24, 2.45) is 0 Å². The van der Waals surface area contributed by atoms with Crippen molar-refractivity contribution in [1.29, 1.82) is 0 Å². The zero-order valence-electron chi connectivity index (χ0n) is 13.5. The predicted octanol–water partition coefficient (Wildman–Crippen LogP) is 2.78. The Bertz CT molecular complexity index is 476. The second-order valence-corrected chi connectivity index (χ2v) is 5.61. The summed E-state index contributed by atoms with van der Waals surface area (Å²) in [6, 6.07) is 6.43. The van der Waals surface area contributed by atoms with Gasteiger partial charge in [0.25, 0.3) is 5.91 Å². The zero-order valence-corrected chi connectivity index (χ0v) is 15.1. The van der Waals surface area contributed by atoms with Crippen molar-refractivity contribution >= 4 is 36.4 Å². The molecule has 0 radical (unpaired) electrons. The highest BCUT2D eigenvalue weighted by molar-refractivity contribution is 6.00. The van der Waals surface area contributed by atoms with Gasteiger partial charge in [-0.25, -0.2) is 0 Å². The van der Waals surface area contributed by atoms with Gasteiger partial charge in [-0.1, -0.05) is 11.6 Å². The Hall–Kier alpha value is -0.970. The van der Waals surface area contributed by atoms with E-state index in [0.717, 1.165) is 29.9 Å². The van der Waals surface area contributed by atoms with Crippen LogP contribution >= 0.6 is 24.8 Å². The standard InChI is InChI=1S/C16H25N3O.2ClH/c1-12-6-7-15(19-8-4-5-9-19)14(10-12)16(20)18-11-13(2)17-3;;/h6-7,10,13,17H,4-5,8-9,11H2,1-3H3,(H,18,20);2*1H. The third-order valence-corrected chi connectivity index (χ3v) is 3.91. The highest BCUT2D eigenvalue weighted by Gasteiger charge is 2.19. The SMILES string of the molecule is CNC(C)CNC(=O)c1cc(C)ccc1N1CCCC1.Cl.Cl. The molecule has 1 amide bonds. The second kappa shape index (κ2) is 9.93. The monoisotopic (exact) mass is 347 g/mol. The molecule has 0 saturated carbocycles. The molecule has 4 nitrogen and oxygen atoms in total. The Morgan fingerprint density at radius 3 is 2.50 bits per heavy atom. The Kier molecular flexibility index (Phi) is 9.49. The quantitative estimate of drug-likeness (QED) is 0.860. The first kappa shape index (κ1) is 21.0. The summed E-state index contributed by atoms with van der Waals surface area (Å²) in [6.07, 6.45) is 2.43. The lowest BCUT2D eigenvalue weighted by Crippen LogP contribution is -2.37. The molecule has 0 aliphatic carbocycles. The number of nitrogens with zero attached hydrogens (tertiary/aromatic N) is 1. The fraction of sp³-hybridized carbons (Fsp3) is 0.562. The van der Waals surface area contributed by atoms with E-state index >= 15 is 0 Å². The lowest BCUT2D eigenvalue weighted by molar-refractivity contribution is 0.0951. The van der Waals surface area contributed by atoms with Crippen LogP contribution in [0.1, 0.15) is 35.7 Å². The van der Waals surface area contributed by atoms with Crippen LogP contribution in [0.4, 0.5) is 5.69 Å². The van der Waals surface area contributed by atoms with E-state index in [1.807, 2.05) is 20.0 Å². The third kappa shape index (κ3) is 5.34. The normalized spacial score (nSPS) is 14.8. The van der Waals surface area contributed by atoms with Gasteiger partial charge in [-0.05, 0) is 45.9 Å². The second-order valence-electron chi connectivity index (χ2n) is 5.61. The van der Waals surface area contributed by atoms with Gasteiger partial charge >= 0.3 is 0 Å². The molecule has 1 aliphatic rings. The Balaban J connectivity index is 0.00000220. The largest absolute Gasteiger partial charge is 0.371 e. The summed E-state index contributed by atoms with van der Waals surface area (Å²) in [7, 11) is 1.90. The average Bonchev–Trinajstić information content (AvgIpc) is 2.98. The highest BCUT2D eigenvalue weighted by atomic mass is 35.5. The van der Waals surface area contributed by atoms with Crippen LogP contribution in [0.15, 0.2) is 18.2 Å². The molecule has 0 spiro atoms. The van der Waals surface area contributed by atoms with E-state index in [4.69, 9.17) is 0 Å². The summed E-state index contributed by atoms with van der Waals surface area (Å²) in [5.41, 5.74) is 3.00. The van der Waals surface area contributed by atoms with Crippen molar-refractivity contribution in [3.63, 3.8) is 0 Å².